The number of hydrogen-bond donors (Lipinski definition) is 2. The van der Waals surface area contributed by atoms with Crippen LogP contribution in [0.2, 0.25) is 0 Å². The quantitative estimate of drug-likeness (QED) is 0.814. The number of sulfone groups is 1. The molecule has 1 aliphatic carbocycles. The van der Waals surface area contributed by atoms with Crippen molar-refractivity contribution in [1.82, 2.24) is 0 Å². The molecule has 0 spiro atoms. The van der Waals surface area contributed by atoms with E-state index in [0.29, 0.717) is 5.56 Å². The third-order valence-electron chi connectivity index (χ3n) is 3.27. The summed E-state index contributed by atoms with van der Waals surface area (Å²) in [6.45, 7) is -0.510. The van der Waals surface area contributed by atoms with E-state index in [1.54, 1.807) is 0 Å². The summed E-state index contributed by atoms with van der Waals surface area (Å²) in [6, 6.07) is 5.74. The van der Waals surface area contributed by atoms with Gasteiger partial charge in [-0.1, -0.05) is 12.1 Å². The topological polar surface area (TPSA) is 91.7 Å². The van der Waals surface area contributed by atoms with Crippen molar-refractivity contribution < 1.29 is 23.4 Å². The number of aliphatic carboxylic acids is 1. The Bertz CT molecular complexity index is 557. The third kappa shape index (κ3) is 3.33. The summed E-state index contributed by atoms with van der Waals surface area (Å²) in [5, 5.41) is 17.9. The van der Waals surface area contributed by atoms with Crippen molar-refractivity contribution in [3.63, 3.8) is 0 Å². The molecular weight excluding hydrogens is 268 g/mol. The molecule has 19 heavy (non-hydrogen) atoms. The van der Waals surface area contributed by atoms with Gasteiger partial charge in [-0.25, -0.2) is 8.42 Å². The van der Waals surface area contributed by atoms with Crippen LogP contribution in [-0.2, 0) is 14.6 Å². The van der Waals surface area contributed by atoms with Gasteiger partial charge in [-0.15, -0.1) is 0 Å². The van der Waals surface area contributed by atoms with Crippen molar-refractivity contribution in [2.24, 2.45) is 5.92 Å². The lowest BCUT2D eigenvalue weighted by Crippen LogP contribution is -2.16. The van der Waals surface area contributed by atoms with Gasteiger partial charge < -0.3 is 10.2 Å². The van der Waals surface area contributed by atoms with Crippen LogP contribution in [-0.4, -0.2) is 37.0 Å². The van der Waals surface area contributed by atoms with Crippen LogP contribution in [0.3, 0.4) is 0 Å². The van der Waals surface area contributed by atoms with Gasteiger partial charge in [0.1, 0.15) is 5.92 Å². The lowest BCUT2D eigenvalue weighted by atomic mass is 10.0. The molecule has 0 amide bonds. The number of carbonyl (C=O) groups is 1. The van der Waals surface area contributed by atoms with E-state index in [4.69, 9.17) is 10.2 Å². The highest BCUT2D eigenvalue weighted by atomic mass is 32.2. The maximum atomic E-state index is 12.0. The Labute approximate surface area is 111 Å². The van der Waals surface area contributed by atoms with E-state index in [0.717, 1.165) is 12.8 Å². The van der Waals surface area contributed by atoms with E-state index in [2.05, 4.69) is 0 Å². The number of benzene rings is 1. The van der Waals surface area contributed by atoms with Gasteiger partial charge in [0.05, 0.1) is 17.3 Å². The molecule has 1 atom stereocenters. The second kappa shape index (κ2) is 5.30. The zero-order valence-electron chi connectivity index (χ0n) is 10.3. The van der Waals surface area contributed by atoms with E-state index in [1.165, 1.54) is 24.3 Å². The van der Waals surface area contributed by atoms with Crippen LogP contribution in [0.4, 0.5) is 0 Å². The highest BCUT2D eigenvalue weighted by molar-refractivity contribution is 7.91. The molecule has 1 aromatic rings. The van der Waals surface area contributed by atoms with Crippen molar-refractivity contribution in [3.05, 3.63) is 29.8 Å². The summed E-state index contributed by atoms with van der Waals surface area (Å²) in [5.41, 5.74) is 0.403. The molecular formula is C13H16O5S. The van der Waals surface area contributed by atoms with Gasteiger partial charge in [0, 0.05) is 0 Å². The number of carboxylic acid groups (broad SMARTS) is 1. The largest absolute Gasteiger partial charge is 0.481 e. The zero-order chi connectivity index (χ0) is 14.0. The minimum Gasteiger partial charge on any atom is -0.481 e. The number of hydrogen-bond acceptors (Lipinski definition) is 4. The number of aliphatic hydroxyl groups is 1. The Balaban J connectivity index is 2.19. The Morgan fingerprint density at radius 3 is 2.26 bits per heavy atom. The molecule has 1 unspecified atom stereocenters. The molecule has 0 heterocycles. The van der Waals surface area contributed by atoms with Crippen molar-refractivity contribution in [3.8, 4) is 0 Å². The van der Waals surface area contributed by atoms with Crippen molar-refractivity contribution in [2.45, 2.75) is 23.7 Å². The molecule has 0 saturated heterocycles. The first-order valence-corrected chi connectivity index (χ1v) is 7.75. The maximum Gasteiger partial charge on any atom is 0.313 e. The summed E-state index contributed by atoms with van der Waals surface area (Å²) >= 11 is 0. The fraction of sp³-hybridized carbons (Fsp3) is 0.462. The Hall–Kier alpha value is -1.40. The molecule has 1 fully saturated rings. The van der Waals surface area contributed by atoms with Crippen molar-refractivity contribution >= 4 is 15.8 Å². The second-order valence-electron chi connectivity index (χ2n) is 4.87. The smallest absolute Gasteiger partial charge is 0.313 e. The summed E-state index contributed by atoms with van der Waals surface area (Å²) in [7, 11) is -3.28. The van der Waals surface area contributed by atoms with Crippen molar-refractivity contribution in [2.75, 3.05) is 12.4 Å². The third-order valence-corrected chi connectivity index (χ3v) is 5.17. The Morgan fingerprint density at radius 1 is 1.26 bits per heavy atom. The molecule has 0 aliphatic heterocycles. The van der Waals surface area contributed by atoms with Gasteiger partial charge in [-0.05, 0) is 36.5 Å². The molecule has 5 nitrogen and oxygen atoms in total. The fourth-order valence-corrected chi connectivity index (χ4v) is 3.62. The highest BCUT2D eigenvalue weighted by Crippen LogP contribution is 2.32. The molecule has 1 aliphatic rings. The van der Waals surface area contributed by atoms with Crippen LogP contribution in [0.5, 0.6) is 0 Å². The molecule has 0 radical (unpaired) electrons. The summed E-state index contributed by atoms with van der Waals surface area (Å²) < 4.78 is 24.0. The van der Waals surface area contributed by atoms with Crippen molar-refractivity contribution in [1.29, 1.82) is 0 Å². The van der Waals surface area contributed by atoms with Gasteiger partial charge in [-0.2, -0.15) is 0 Å². The van der Waals surface area contributed by atoms with Crippen LogP contribution in [0, 0.1) is 5.92 Å². The van der Waals surface area contributed by atoms with E-state index in [-0.39, 0.29) is 16.6 Å². The van der Waals surface area contributed by atoms with Crippen LogP contribution >= 0.6 is 0 Å². The summed E-state index contributed by atoms with van der Waals surface area (Å²) in [5.74, 6) is -1.71. The predicted molar refractivity (Wildman–Crippen MR) is 68.7 cm³/mol. The van der Waals surface area contributed by atoms with Gasteiger partial charge in [0.25, 0.3) is 0 Å². The van der Waals surface area contributed by atoms with Crippen LogP contribution < -0.4 is 0 Å². The highest BCUT2D eigenvalue weighted by Gasteiger charge is 2.29. The Morgan fingerprint density at radius 2 is 1.84 bits per heavy atom. The normalized spacial score (nSPS) is 17.1. The molecule has 1 aromatic carbocycles. The van der Waals surface area contributed by atoms with Gasteiger partial charge >= 0.3 is 5.97 Å². The second-order valence-corrected chi connectivity index (χ2v) is 6.90. The fourth-order valence-electron chi connectivity index (χ4n) is 1.92. The predicted octanol–water partition coefficient (Wildman–Crippen LogP) is 1.03. The average Bonchev–Trinajstić information content (AvgIpc) is 3.13. The molecule has 2 N–H and O–H groups in total. The van der Waals surface area contributed by atoms with Gasteiger partial charge in [-0.3, -0.25) is 4.79 Å². The molecule has 6 heteroatoms. The number of rotatable bonds is 6. The van der Waals surface area contributed by atoms with E-state index < -0.39 is 28.3 Å². The standard InChI is InChI=1S/C13H16O5S/c14-7-12(13(15)16)10-3-5-11(6-4-10)19(17,18)8-9-1-2-9/h3-6,9,12,14H,1-2,7-8H2,(H,15,16). The van der Waals surface area contributed by atoms with Crippen LogP contribution in [0.25, 0.3) is 0 Å². The first-order valence-electron chi connectivity index (χ1n) is 6.10. The Kier molecular flexibility index (Phi) is 3.91. The van der Waals surface area contributed by atoms with Gasteiger partial charge in [0.2, 0.25) is 0 Å². The first-order chi connectivity index (χ1) is 8.94. The van der Waals surface area contributed by atoms with E-state index in [9.17, 15) is 13.2 Å². The van der Waals surface area contributed by atoms with E-state index >= 15 is 0 Å². The number of aliphatic hydroxyl groups excluding tert-OH is 1. The molecule has 2 rings (SSSR count). The van der Waals surface area contributed by atoms with Gasteiger partial charge in [0.15, 0.2) is 9.84 Å². The zero-order valence-corrected chi connectivity index (χ0v) is 11.1. The van der Waals surface area contributed by atoms with E-state index in [1.807, 2.05) is 0 Å². The lowest BCUT2D eigenvalue weighted by Gasteiger charge is -2.10. The molecule has 0 aromatic heterocycles. The minimum atomic E-state index is -3.28. The SMILES string of the molecule is O=C(O)C(CO)c1ccc(S(=O)(=O)CC2CC2)cc1. The van der Waals surface area contributed by atoms with Crippen LogP contribution in [0.1, 0.15) is 24.3 Å². The summed E-state index contributed by atoms with van der Waals surface area (Å²) in [6.07, 6.45) is 1.92. The molecule has 104 valence electrons. The molecule has 0 bridgehead atoms. The molecule has 1 saturated carbocycles. The summed E-state index contributed by atoms with van der Waals surface area (Å²) in [4.78, 5) is 11.1. The lowest BCUT2D eigenvalue weighted by molar-refractivity contribution is -0.139. The monoisotopic (exact) mass is 284 g/mol. The number of carboxylic acids is 1. The first kappa shape index (κ1) is 14.0. The maximum absolute atomic E-state index is 12.0. The van der Waals surface area contributed by atoms with Crippen LogP contribution in [0.15, 0.2) is 29.2 Å². The average molecular weight is 284 g/mol. The minimum absolute atomic E-state index is 0.161.